The third-order valence-electron chi connectivity index (χ3n) is 3.92. The van der Waals surface area contributed by atoms with Crippen molar-refractivity contribution in [3.63, 3.8) is 0 Å². The number of hydrogen-bond acceptors (Lipinski definition) is 7. The van der Waals surface area contributed by atoms with E-state index in [9.17, 15) is 31.2 Å². The second-order valence-corrected chi connectivity index (χ2v) is 8.38. The van der Waals surface area contributed by atoms with Gasteiger partial charge in [-0.25, -0.2) is 13.2 Å². The number of oxime groups is 1. The Morgan fingerprint density at radius 2 is 1.72 bits per heavy atom. The molecular weight excluding hydrogens is 513 g/mol. The van der Waals surface area contributed by atoms with Crippen LogP contribution in [0.1, 0.15) is 5.69 Å². The first-order chi connectivity index (χ1) is 16.6. The largest absolute Gasteiger partial charge is 0.490 e. The number of aliphatic carboxylic acids is 1. The van der Waals surface area contributed by atoms with E-state index >= 15 is 0 Å². The van der Waals surface area contributed by atoms with Crippen molar-refractivity contribution in [1.82, 2.24) is 9.88 Å². The second kappa shape index (κ2) is 13.0. The fourth-order valence-corrected chi connectivity index (χ4v) is 3.38. The number of aryl methyl sites for hydroxylation is 1. The van der Waals surface area contributed by atoms with E-state index in [1.54, 1.807) is 31.2 Å². The zero-order chi connectivity index (χ0) is 27.5. The van der Waals surface area contributed by atoms with E-state index in [2.05, 4.69) is 15.2 Å². The lowest BCUT2D eigenvalue weighted by atomic mass is 10.3. The molecule has 2 aromatic rings. The van der Waals surface area contributed by atoms with Crippen molar-refractivity contribution in [2.45, 2.75) is 24.5 Å². The lowest BCUT2D eigenvalue weighted by Gasteiger charge is -2.13. The summed E-state index contributed by atoms with van der Waals surface area (Å²) in [6, 6.07) is 10.5. The summed E-state index contributed by atoms with van der Waals surface area (Å²) < 4.78 is 60.0. The summed E-state index contributed by atoms with van der Waals surface area (Å²) in [7, 11) is -3.93. The number of rotatable bonds is 9. The van der Waals surface area contributed by atoms with Crippen molar-refractivity contribution in [2.75, 3.05) is 17.9 Å². The maximum Gasteiger partial charge on any atom is 0.490 e. The number of amides is 1. The number of aromatic nitrogens is 1. The summed E-state index contributed by atoms with van der Waals surface area (Å²) in [6.45, 7) is 1.48. The number of benzene rings is 1. The molecule has 17 heteroatoms. The highest BCUT2D eigenvalue weighted by Gasteiger charge is 2.38. The number of nitrogens with zero attached hydrogens (tertiary/aromatic N) is 2. The molecule has 0 saturated heterocycles. The Kier molecular flexibility index (Phi) is 10.7. The van der Waals surface area contributed by atoms with Gasteiger partial charge in [0.15, 0.2) is 0 Å². The van der Waals surface area contributed by atoms with E-state index in [-0.39, 0.29) is 36.2 Å². The van der Waals surface area contributed by atoms with Crippen LogP contribution in [0, 0.1) is 6.92 Å². The highest BCUT2D eigenvalue weighted by atomic mass is 32.2. The molecule has 0 aliphatic carbocycles. The molecule has 7 N–H and O–H groups in total. The number of nitrogens with one attached hydrogen (secondary N) is 2. The Hall–Kier alpha value is -4.28. The van der Waals surface area contributed by atoms with Crippen LogP contribution < -0.4 is 27.1 Å². The van der Waals surface area contributed by atoms with Crippen molar-refractivity contribution >= 4 is 33.5 Å². The molecule has 0 fully saturated rings. The van der Waals surface area contributed by atoms with Gasteiger partial charge in [-0.15, -0.1) is 0 Å². The molecule has 0 bridgehead atoms. The Balaban J connectivity index is 0.000000809. The van der Waals surface area contributed by atoms with E-state index < -0.39 is 33.6 Å². The molecule has 0 aliphatic rings. The van der Waals surface area contributed by atoms with Gasteiger partial charge in [0.05, 0.1) is 11.4 Å². The van der Waals surface area contributed by atoms with E-state index in [4.69, 9.17) is 26.2 Å². The zero-order valence-corrected chi connectivity index (χ0v) is 19.5. The van der Waals surface area contributed by atoms with Crippen molar-refractivity contribution in [1.29, 1.82) is 0 Å². The van der Waals surface area contributed by atoms with Gasteiger partial charge in [0.1, 0.15) is 18.8 Å². The molecule has 198 valence electrons. The second-order valence-electron chi connectivity index (χ2n) is 6.70. The van der Waals surface area contributed by atoms with E-state index in [0.29, 0.717) is 5.69 Å². The van der Waals surface area contributed by atoms with Crippen LogP contribution >= 0.6 is 0 Å². The molecule has 2 rings (SSSR count). The Labute approximate surface area is 202 Å². The first-order valence-corrected chi connectivity index (χ1v) is 11.2. The number of nitrogens with two attached hydrogens (primary N) is 2. The smallest absolute Gasteiger partial charge is 0.475 e. The minimum atomic E-state index is -5.08. The SMILES string of the molecule is Cc1ccc(NS(=O)(=O)c2ccccc2)c(=O)n1CC(=O)NCCON=C(N)N.O=C(O)C(F)(F)F. The number of carbonyl (C=O) groups is 2. The van der Waals surface area contributed by atoms with Gasteiger partial charge in [-0.2, -0.15) is 13.2 Å². The van der Waals surface area contributed by atoms with E-state index in [0.717, 1.165) is 4.57 Å². The van der Waals surface area contributed by atoms with Crippen LogP contribution in [0.5, 0.6) is 0 Å². The number of halogens is 3. The van der Waals surface area contributed by atoms with Crippen molar-refractivity contribution in [3.8, 4) is 0 Å². The summed E-state index contributed by atoms with van der Waals surface area (Å²) in [4.78, 5) is 38.4. The maximum absolute atomic E-state index is 12.7. The number of alkyl halides is 3. The van der Waals surface area contributed by atoms with Crippen molar-refractivity contribution in [3.05, 3.63) is 58.5 Å². The van der Waals surface area contributed by atoms with Gasteiger partial charge in [-0.1, -0.05) is 18.2 Å². The predicted molar refractivity (Wildman–Crippen MR) is 121 cm³/mol. The van der Waals surface area contributed by atoms with Crippen LogP contribution in [-0.2, 0) is 31.0 Å². The average Bonchev–Trinajstić information content (AvgIpc) is 2.78. The molecule has 1 aromatic heterocycles. The van der Waals surface area contributed by atoms with Crippen LogP contribution in [-0.4, -0.2) is 55.3 Å². The molecule has 0 unspecified atom stereocenters. The Bertz CT molecular complexity index is 1240. The normalized spacial score (nSPS) is 10.9. The van der Waals surface area contributed by atoms with Crippen LogP contribution in [0.2, 0.25) is 0 Å². The number of carboxylic acids is 1. The van der Waals surface area contributed by atoms with Crippen LogP contribution in [0.25, 0.3) is 0 Å². The summed E-state index contributed by atoms with van der Waals surface area (Å²) in [5.41, 5.74) is 9.87. The fourth-order valence-electron chi connectivity index (χ4n) is 2.30. The predicted octanol–water partition coefficient (Wildman–Crippen LogP) is -0.0880. The molecule has 0 spiro atoms. The van der Waals surface area contributed by atoms with Gasteiger partial charge in [-0.05, 0) is 36.3 Å². The zero-order valence-electron chi connectivity index (χ0n) is 18.7. The monoisotopic (exact) mass is 536 g/mol. The third-order valence-corrected chi connectivity index (χ3v) is 5.30. The van der Waals surface area contributed by atoms with Crippen molar-refractivity contribution < 1.29 is 41.1 Å². The summed E-state index contributed by atoms with van der Waals surface area (Å²) in [5.74, 6) is -3.47. The minimum absolute atomic E-state index is 0.0186. The molecule has 1 aromatic carbocycles. The summed E-state index contributed by atoms with van der Waals surface area (Å²) in [6.07, 6.45) is -5.08. The lowest BCUT2D eigenvalue weighted by Crippen LogP contribution is -2.36. The first kappa shape index (κ1) is 29.8. The van der Waals surface area contributed by atoms with E-state index in [1.807, 2.05) is 0 Å². The quantitative estimate of drug-likeness (QED) is 0.125. The fraction of sp³-hybridized carbons (Fsp3) is 0.263. The molecule has 36 heavy (non-hydrogen) atoms. The number of sulfonamides is 1. The Morgan fingerprint density at radius 3 is 2.25 bits per heavy atom. The average molecular weight is 536 g/mol. The highest BCUT2D eigenvalue weighted by molar-refractivity contribution is 7.92. The van der Waals surface area contributed by atoms with Gasteiger partial charge in [0.2, 0.25) is 11.9 Å². The highest BCUT2D eigenvalue weighted by Crippen LogP contribution is 2.14. The molecular formula is C19H23F3N6O7S. The number of hydrogen-bond donors (Lipinski definition) is 5. The minimum Gasteiger partial charge on any atom is -0.475 e. The topological polar surface area (TPSA) is 208 Å². The van der Waals surface area contributed by atoms with Gasteiger partial charge in [0, 0.05) is 5.69 Å². The van der Waals surface area contributed by atoms with Gasteiger partial charge in [-0.3, -0.25) is 14.3 Å². The number of carboxylic acid groups (broad SMARTS) is 1. The van der Waals surface area contributed by atoms with Gasteiger partial charge in [0.25, 0.3) is 15.6 Å². The van der Waals surface area contributed by atoms with Crippen LogP contribution in [0.3, 0.4) is 0 Å². The molecule has 1 amide bonds. The number of guanidine groups is 1. The molecule has 0 radical (unpaired) electrons. The van der Waals surface area contributed by atoms with E-state index in [1.165, 1.54) is 18.2 Å². The molecule has 0 aliphatic heterocycles. The maximum atomic E-state index is 12.7. The van der Waals surface area contributed by atoms with Crippen LogP contribution in [0.15, 0.2) is 57.3 Å². The number of pyridine rings is 1. The van der Waals surface area contributed by atoms with Crippen LogP contribution in [0.4, 0.5) is 18.9 Å². The molecule has 0 atom stereocenters. The van der Waals surface area contributed by atoms with Gasteiger partial charge >= 0.3 is 12.1 Å². The first-order valence-electron chi connectivity index (χ1n) is 9.71. The van der Waals surface area contributed by atoms with Crippen molar-refractivity contribution in [2.24, 2.45) is 16.6 Å². The molecule has 0 saturated carbocycles. The molecule has 1 heterocycles. The number of anilines is 1. The molecule has 13 nitrogen and oxygen atoms in total. The third kappa shape index (κ3) is 9.92. The standard InChI is InChI=1S/C17H22N6O5S.C2HF3O2/c1-12-7-8-14(22-29(26,27)13-5-3-2-4-6-13)16(25)23(12)11-15(24)20-9-10-28-21-17(18)19;3-2(4,5)1(6)7/h2-8,22H,9-11H2,1H3,(H,20,24)(H4,18,19,21);(H,6,7). The number of carbonyl (C=O) groups excluding carboxylic acids is 1. The summed E-state index contributed by atoms with van der Waals surface area (Å²) in [5, 5.41) is 13.0. The Morgan fingerprint density at radius 1 is 1.14 bits per heavy atom. The van der Waals surface area contributed by atoms with Gasteiger partial charge < -0.3 is 31.3 Å². The summed E-state index contributed by atoms with van der Waals surface area (Å²) >= 11 is 0. The lowest BCUT2D eigenvalue weighted by molar-refractivity contribution is -0.192.